The van der Waals surface area contributed by atoms with Crippen LogP contribution in [0.3, 0.4) is 0 Å². The Morgan fingerprint density at radius 1 is 1.20 bits per heavy atom. The van der Waals surface area contributed by atoms with Crippen molar-refractivity contribution in [3.8, 4) is 0 Å². The number of aryl methyl sites for hydroxylation is 2. The molecule has 0 N–H and O–H groups in total. The standard InChI is InChI=1S/C15H25N3O2/c1-3-13-11-14(18(4-2)16-13)12-17-7-5-15(6-8-17)19-9-10-20-15/h11H,3-10,12H2,1-2H3. The molecule has 0 radical (unpaired) electrons. The summed E-state index contributed by atoms with van der Waals surface area (Å²) in [5, 5.41) is 4.62. The van der Waals surface area contributed by atoms with Gasteiger partial charge in [0.25, 0.3) is 0 Å². The molecule has 1 spiro atoms. The monoisotopic (exact) mass is 279 g/mol. The van der Waals surface area contributed by atoms with E-state index in [-0.39, 0.29) is 5.79 Å². The van der Waals surface area contributed by atoms with E-state index in [4.69, 9.17) is 9.47 Å². The molecule has 1 aromatic rings. The molecule has 5 nitrogen and oxygen atoms in total. The smallest absolute Gasteiger partial charge is 0.170 e. The molecule has 0 bridgehead atoms. The Hall–Kier alpha value is -0.910. The molecule has 0 aromatic carbocycles. The first-order chi connectivity index (χ1) is 9.74. The molecule has 112 valence electrons. The Morgan fingerprint density at radius 2 is 1.90 bits per heavy atom. The lowest BCUT2D eigenvalue weighted by molar-refractivity contribution is -0.185. The first kappa shape index (κ1) is 14.0. The second-order valence-electron chi connectivity index (χ2n) is 5.68. The second kappa shape index (κ2) is 5.84. The van der Waals surface area contributed by atoms with Gasteiger partial charge in [0.2, 0.25) is 0 Å². The number of hydrogen-bond acceptors (Lipinski definition) is 4. The Balaban J connectivity index is 1.60. The average Bonchev–Trinajstić information content (AvgIpc) is 3.08. The van der Waals surface area contributed by atoms with Gasteiger partial charge in [-0.25, -0.2) is 0 Å². The molecule has 5 heteroatoms. The highest BCUT2D eigenvalue weighted by molar-refractivity contribution is 5.10. The van der Waals surface area contributed by atoms with Gasteiger partial charge in [-0.05, 0) is 19.4 Å². The van der Waals surface area contributed by atoms with E-state index in [9.17, 15) is 0 Å². The molecule has 20 heavy (non-hydrogen) atoms. The summed E-state index contributed by atoms with van der Waals surface area (Å²) in [5.74, 6) is -0.268. The van der Waals surface area contributed by atoms with Crippen molar-refractivity contribution in [3.63, 3.8) is 0 Å². The van der Waals surface area contributed by atoms with Crippen LogP contribution in [-0.4, -0.2) is 46.8 Å². The number of piperidine rings is 1. The number of likely N-dealkylation sites (tertiary alicyclic amines) is 1. The molecule has 0 atom stereocenters. The summed E-state index contributed by atoms with van der Waals surface area (Å²) in [6, 6.07) is 2.25. The minimum Gasteiger partial charge on any atom is -0.347 e. The Bertz CT molecular complexity index is 442. The highest BCUT2D eigenvalue weighted by Crippen LogP contribution is 2.31. The third-order valence-electron chi connectivity index (χ3n) is 4.39. The first-order valence-electron chi connectivity index (χ1n) is 7.80. The molecular formula is C15H25N3O2. The van der Waals surface area contributed by atoms with Crippen LogP contribution >= 0.6 is 0 Å². The van der Waals surface area contributed by atoms with Crippen LogP contribution in [0.1, 0.15) is 38.1 Å². The van der Waals surface area contributed by atoms with E-state index < -0.39 is 0 Å². The largest absolute Gasteiger partial charge is 0.347 e. The lowest BCUT2D eigenvalue weighted by Crippen LogP contribution is -2.44. The fourth-order valence-electron chi connectivity index (χ4n) is 3.16. The molecule has 1 aromatic heterocycles. The lowest BCUT2D eigenvalue weighted by Gasteiger charge is -2.37. The number of nitrogens with zero attached hydrogens (tertiary/aromatic N) is 3. The topological polar surface area (TPSA) is 39.5 Å². The van der Waals surface area contributed by atoms with Crippen molar-refractivity contribution in [2.24, 2.45) is 0 Å². The highest BCUT2D eigenvalue weighted by atomic mass is 16.7. The van der Waals surface area contributed by atoms with Crippen molar-refractivity contribution < 1.29 is 9.47 Å². The molecular weight excluding hydrogens is 254 g/mol. The van der Waals surface area contributed by atoms with Crippen LogP contribution in [0.5, 0.6) is 0 Å². The quantitative estimate of drug-likeness (QED) is 0.842. The maximum Gasteiger partial charge on any atom is 0.170 e. The van der Waals surface area contributed by atoms with Crippen LogP contribution in [0, 0.1) is 0 Å². The molecule has 3 heterocycles. The minimum absolute atomic E-state index is 0.268. The predicted molar refractivity (Wildman–Crippen MR) is 76.4 cm³/mol. The Labute approximate surface area is 120 Å². The van der Waals surface area contributed by atoms with Gasteiger partial charge in [-0.2, -0.15) is 5.10 Å². The maximum absolute atomic E-state index is 5.78. The zero-order chi connectivity index (χ0) is 14.0. The highest BCUT2D eigenvalue weighted by Gasteiger charge is 2.39. The van der Waals surface area contributed by atoms with Gasteiger partial charge in [-0.3, -0.25) is 9.58 Å². The molecule has 2 aliphatic rings. The van der Waals surface area contributed by atoms with Crippen LogP contribution < -0.4 is 0 Å². The van der Waals surface area contributed by atoms with Crippen LogP contribution in [0.4, 0.5) is 0 Å². The zero-order valence-corrected chi connectivity index (χ0v) is 12.6. The second-order valence-corrected chi connectivity index (χ2v) is 5.68. The lowest BCUT2D eigenvalue weighted by atomic mass is 10.0. The number of hydrogen-bond donors (Lipinski definition) is 0. The summed E-state index contributed by atoms with van der Waals surface area (Å²) < 4.78 is 13.7. The van der Waals surface area contributed by atoms with Gasteiger partial charge in [0, 0.05) is 39.0 Å². The van der Waals surface area contributed by atoms with Crippen molar-refractivity contribution >= 4 is 0 Å². The molecule has 0 saturated carbocycles. The molecule has 2 aliphatic heterocycles. The average molecular weight is 279 g/mol. The summed E-state index contributed by atoms with van der Waals surface area (Å²) in [6.07, 6.45) is 2.96. The van der Waals surface area contributed by atoms with Gasteiger partial charge in [0.05, 0.1) is 24.6 Å². The summed E-state index contributed by atoms with van der Waals surface area (Å²) in [6.45, 7) is 9.82. The SMILES string of the molecule is CCc1cc(CN2CCC3(CC2)OCCO3)n(CC)n1. The summed E-state index contributed by atoms with van der Waals surface area (Å²) in [5.41, 5.74) is 2.52. The molecule has 0 unspecified atom stereocenters. The Morgan fingerprint density at radius 3 is 2.50 bits per heavy atom. The normalized spacial score (nSPS) is 22.7. The number of ether oxygens (including phenoxy) is 2. The molecule has 2 saturated heterocycles. The van der Waals surface area contributed by atoms with Crippen molar-refractivity contribution in [1.82, 2.24) is 14.7 Å². The minimum atomic E-state index is -0.268. The van der Waals surface area contributed by atoms with Crippen LogP contribution in [0.25, 0.3) is 0 Å². The van der Waals surface area contributed by atoms with Gasteiger partial charge < -0.3 is 9.47 Å². The van der Waals surface area contributed by atoms with Crippen molar-refractivity contribution in [2.75, 3.05) is 26.3 Å². The summed E-state index contributed by atoms with van der Waals surface area (Å²) in [7, 11) is 0. The molecule has 3 rings (SSSR count). The number of rotatable bonds is 4. The van der Waals surface area contributed by atoms with Crippen molar-refractivity contribution in [3.05, 3.63) is 17.5 Å². The molecule has 0 amide bonds. The maximum atomic E-state index is 5.78. The van der Waals surface area contributed by atoms with E-state index >= 15 is 0 Å². The van der Waals surface area contributed by atoms with E-state index in [1.165, 1.54) is 11.4 Å². The molecule has 2 fully saturated rings. The third-order valence-corrected chi connectivity index (χ3v) is 4.39. The molecule has 0 aliphatic carbocycles. The van der Waals surface area contributed by atoms with Gasteiger partial charge in [-0.1, -0.05) is 6.92 Å². The zero-order valence-electron chi connectivity index (χ0n) is 12.6. The fourth-order valence-corrected chi connectivity index (χ4v) is 3.16. The van der Waals surface area contributed by atoms with E-state index in [0.717, 1.165) is 58.7 Å². The summed E-state index contributed by atoms with van der Waals surface area (Å²) >= 11 is 0. The van der Waals surface area contributed by atoms with Gasteiger partial charge >= 0.3 is 0 Å². The van der Waals surface area contributed by atoms with E-state index in [2.05, 4.69) is 34.6 Å². The van der Waals surface area contributed by atoms with Gasteiger partial charge in [0.1, 0.15) is 0 Å². The van der Waals surface area contributed by atoms with Gasteiger partial charge in [0.15, 0.2) is 5.79 Å². The first-order valence-corrected chi connectivity index (χ1v) is 7.80. The van der Waals surface area contributed by atoms with Crippen LogP contribution in [0.2, 0.25) is 0 Å². The van der Waals surface area contributed by atoms with Crippen molar-refractivity contribution in [1.29, 1.82) is 0 Å². The van der Waals surface area contributed by atoms with Crippen LogP contribution in [-0.2, 0) is 29.0 Å². The van der Waals surface area contributed by atoms with Crippen LogP contribution in [0.15, 0.2) is 6.07 Å². The number of aromatic nitrogens is 2. The van der Waals surface area contributed by atoms with Crippen molar-refractivity contribution in [2.45, 2.75) is 52.0 Å². The van der Waals surface area contributed by atoms with E-state index in [0.29, 0.717) is 0 Å². The van der Waals surface area contributed by atoms with E-state index in [1.807, 2.05) is 0 Å². The Kier molecular flexibility index (Phi) is 4.10. The fraction of sp³-hybridized carbons (Fsp3) is 0.800. The summed E-state index contributed by atoms with van der Waals surface area (Å²) in [4.78, 5) is 2.49. The third kappa shape index (κ3) is 2.75. The predicted octanol–water partition coefficient (Wildman–Crippen LogP) is 1.80. The van der Waals surface area contributed by atoms with Gasteiger partial charge in [-0.15, -0.1) is 0 Å². The van der Waals surface area contributed by atoms with E-state index in [1.54, 1.807) is 0 Å².